The van der Waals surface area contributed by atoms with Crippen LogP contribution in [0, 0.1) is 18.8 Å². The Hall–Kier alpha value is -4.34. The third kappa shape index (κ3) is 4.18. The molecule has 3 heterocycles. The van der Waals surface area contributed by atoms with Gasteiger partial charge < -0.3 is 24.2 Å². The minimum absolute atomic E-state index is 0. The van der Waals surface area contributed by atoms with E-state index < -0.39 is 0 Å². The standard InChI is InChI=1S/C31H19N4O.Pt/c1-3-16-29-26(13-1)31-33-28-15-2-4-17-30(28)35(31)21-34(29)23-10-8-12-25(20-23)36-24-11-7-9-22(19-24)27-14-5-6-18-32-27;/h1-18,21H;/q-3;. The summed E-state index contributed by atoms with van der Waals surface area (Å²) in [7, 11) is 0. The van der Waals surface area contributed by atoms with E-state index in [9.17, 15) is 0 Å². The zero-order valence-electron chi connectivity index (χ0n) is 19.5. The summed E-state index contributed by atoms with van der Waals surface area (Å²) in [6, 6.07) is 40.7. The van der Waals surface area contributed by atoms with Crippen molar-refractivity contribution in [2.24, 2.45) is 0 Å². The molecule has 0 bridgehead atoms. The van der Waals surface area contributed by atoms with Crippen LogP contribution in [0.25, 0.3) is 33.7 Å². The predicted octanol–water partition coefficient (Wildman–Crippen LogP) is 7.27. The second kappa shape index (κ2) is 9.61. The molecule has 7 rings (SSSR count). The van der Waals surface area contributed by atoms with Crippen LogP contribution < -0.4 is 9.64 Å². The van der Waals surface area contributed by atoms with E-state index >= 15 is 0 Å². The molecule has 5 nitrogen and oxygen atoms in total. The second-order valence-corrected chi connectivity index (χ2v) is 8.44. The van der Waals surface area contributed by atoms with Crippen molar-refractivity contribution in [3.05, 3.63) is 128 Å². The number of rotatable bonds is 4. The van der Waals surface area contributed by atoms with Crippen LogP contribution in [0.3, 0.4) is 0 Å². The Morgan fingerprint density at radius 2 is 1.51 bits per heavy atom. The molecule has 1 aliphatic rings. The van der Waals surface area contributed by atoms with Gasteiger partial charge in [-0.05, 0) is 41.6 Å². The molecule has 0 saturated heterocycles. The number of hydrogen-bond donors (Lipinski definition) is 0. The van der Waals surface area contributed by atoms with Gasteiger partial charge in [0.1, 0.15) is 0 Å². The van der Waals surface area contributed by atoms with Crippen molar-refractivity contribution in [2.45, 2.75) is 0 Å². The van der Waals surface area contributed by atoms with Crippen LogP contribution >= 0.6 is 0 Å². The fraction of sp³-hybridized carbons (Fsp3) is 0. The summed E-state index contributed by atoms with van der Waals surface area (Å²) >= 11 is 0. The first kappa shape index (κ1) is 23.1. The maximum Gasteiger partial charge on any atom is 0.0421 e. The average Bonchev–Trinajstić information content (AvgIpc) is 3.32. The monoisotopic (exact) mass is 658 g/mol. The van der Waals surface area contributed by atoms with Crippen molar-refractivity contribution >= 4 is 22.4 Å². The van der Waals surface area contributed by atoms with Gasteiger partial charge in [0.05, 0.1) is 0 Å². The number of ether oxygens (including phenoxy) is 1. The number of benzene rings is 4. The Kier molecular flexibility index (Phi) is 5.99. The Bertz CT molecular complexity index is 1710. The fourth-order valence-corrected chi connectivity index (χ4v) is 4.53. The van der Waals surface area contributed by atoms with Gasteiger partial charge in [-0.25, -0.2) is 0 Å². The molecule has 2 aromatic heterocycles. The molecule has 0 saturated carbocycles. The minimum atomic E-state index is 0. The molecule has 6 heteroatoms. The van der Waals surface area contributed by atoms with Gasteiger partial charge >= 0.3 is 0 Å². The molecule has 0 amide bonds. The van der Waals surface area contributed by atoms with Gasteiger partial charge in [0, 0.05) is 55.8 Å². The Balaban J connectivity index is 0.00000252. The van der Waals surface area contributed by atoms with E-state index in [4.69, 9.17) is 9.72 Å². The number of aromatic nitrogens is 3. The number of hydrogen-bond acceptors (Lipinski definition) is 4. The third-order valence-electron chi connectivity index (χ3n) is 6.17. The molecule has 6 aromatic rings. The van der Waals surface area contributed by atoms with Crippen LogP contribution in [0.5, 0.6) is 11.5 Å². The zero-order chi connectivity index (χ0) is 23.9. The number of para-hydroxylation sites is 3. The van der Waals surface area contributed by atoms with E-state index in [1.807, 2.05) is 84.9 Å². The van der Waals surface area contributed by atoms with Gasteiger partial charge in [-0.2, -0.15) is 6.07 Å². The number of nitrogens with zero attached hydrogens (tertiary/aromatic N) is 4. The van der Waals surface area contributed by atoms with Crippen LogP contribution in [0.15, 0.2) is 109 Å². The smallest absolute Gasteiger partial charge is 0.0421 e. The Morgan fingerprint density at radius 1 is 0.730 bits per heavy atom. The zero-order valence-corrected chi connectivity index (χ0v) is 21.8. The molecular formula is C31H19N4OPt-3. The predicted molar refractivity (Wildman–Crippen MR) is 141 cm³/mol. The topological polar surface area (TPSA) is 43.2 Å². The summed E-state index contributed by atoms with van der Waals surface area (Å²) in [5, 5.41) is 0. The van der Waals surface area contributed by atoms with Gasteiger partial charge in [-0.15, -0.1) is 42.0 Å². The molecule has 0 atom stereocenters. The Morgan fingerprint density at radius 3 is 2.41 bits per heavy atom. The summed E-state index contributed by atoms with van der Waals surface area (Å²) in [5.74, 6) is 2.14. The second-order valence-electron chi connectivity index (χ2n) is 8.44. The summed E-state index contributed by atoms with van der Waals surface area (Å²) < 4.78 is 8.31. The molecule has 0 fully saturated rings. The van der Waals surface area contributed by atoms with Gasteiger partial charge in [-0.3, -0.25) is 0 Å². The van der Waals surface area contributed by atoms with Crippen molar-refractivity contribution in [1.82, 2.24) is 14.5 Å². The third-order valence-corrected chi connectivity index (χ3v) is 6.17. The van der Waals surface area contributed by atoms with E-state index in [0.29, 0.717) is 11.5 Å². The number of pyridine rings is 1. The van der Waals surface area contributed by atoms with Crippen molar-refractivity contribution in [3.8, 4) is 34.1 Å². The first-order valence-electron chi connectivity index (χ1n) is 11.7. The summed E-state index contributed by atoms with van der Waals surface area (Å²) in [5.41, 5.74) is 6.71. The maximum atomic E-state index is 6.19. The average molecular weight is 659 g/mol. The van der Waals surface area contributed by atoms with Crippen LogP contribution in [0.4, 0.5) is 11.4 Å². The molecule has 1 aliphatic heterocycles. The first-order chi connectivity index (χ1) is 17.8. The summed E-state index contributed by atoms with van der Waals surface area (Å²) in [6.45, 7) is 2.07. The van der Waals surface area contributed by atoms with E-state index in [2.05, 4.69) is 51.5 Å². The van der Waals surface area contributed by atoms with Crippen molar-refractivity contribution in [3.63, 3.8) is 0 Å². The van der Waals surface area contributed by atoms with E-state index in [-0.39, 0.29) is 21.1 Å². The van der Waals surface area contributed by atoms with Crippen LogP contribution in [-0.4, -0.2) is 14.5 Å². The largest absolute Gasteiger partial charge is 0.503 e. The number of fused-ring (bicyclic) bond motifs is 5. The quantitative estimate of drug-likeness (QED) is 0.187. The van der Waals surface area contributed by atoms with Gasteiger partial charge in [0.15, 0.2) is 0 Å². The van der Waals surface area contributed by atoms with Crippen molar-refractivity contribution < 1.29 is 25.8 Å². The molecule has 0 unspecified atom stereocenters. The molecule has 37 heavy (non-hydrogen) atoms. The molecule has 0 radical (unpaired) electrons. The SMILES string of the molecule is [Pt].[c-]1c(Oc2[c-]c(N3[CH-]n4c(nc5ccccc54)-c4ccccc43)ccc2)cccc1-c1ccccn1. The molecule has 182 valence electrons. The van der Waals surface area contributed by atoms with Crippen LogP contribution in [-0.2, 0) is 21.1 Å². The summed E-state index contributed by atoms with van der Waals surface area (Å²) in [6.07, 6.45) is 1.77. The molecular weight excluding hydrogens is 639 g/mol. The number of imidazole rings is 1. The van der Waals surface area contributed by atoms with Crippen LogP contribution in [0.2, 0.25) is 0 Å². The molecule has 0 spiro atoms. The maximum absolute atomic E-state index is 6.19. The van der Waals surface area contributed by atoms with Gasteiger partial charge in [-0.1, -0.05) is 60.3 Å². The van der Waals surface area contributed by atoms with E-state index in [1.165, 1.54) is 0 Å². The van der Waals surface area contributed by atoms with E-state index in [1.54, 1.807) is 6.20 Å². The number of anilines is 2. The Labute approximate surface area is 229 Å². The van der Waals surface area contributed by atoms with Gasteiger partial charge in [0.2, 0.25) is 0 Å². The van der Waals surface area contributed by atoms with Crippen LogP contribution in [0.1, 0.15) is 0 Å². The minimum Gasteiger partial charge on any atom is -0.503 e. The van der Waals surface area contributed by atoms with Crippen molar-refractivity contribution in [1.29, 1.82) is 0 Å². The summed E-state index contributed by atoms with van der Waals surface area (Å²) in [4.78, 5) is 11.4. The first-order valence-corrected chi connectivity index (χ1v) is 11.7. The van der Waals surface area contributed by atoms with Gasteiger partial charge in [0.25, 0.3) is 0 Å². The normalized spacial score (nSPS) is 11.7. The fourth-order valence-electron chi connectivity index (χ4n) is 4.53. The molecule has 4 aromatic carbocycles. The van der Waals surface area contributed by atoms with E-state index in [0.717, 1.165) is 45.1 Å². The van der Waals surface area contributed by atoms with Crippen molar-refractivity contribution in [2.75, 3.05) is 4.90 Å². The molecule has 0 N–H and O–H groups in total. The molecule has 0 aliphatic carbocycles.